The van der Waals surface area contributed by atoms with Gasteiger partial charge in [0.25, 0.3) is 0 Å². The van der Waals surface area contributed by atoms with Crippen LogP contribution in [0.4, 0.5) is 0 Å². The summed E-state index contributed by atoms with van der Waals surface area (Å²) in [5.74, 6) is 0.742. The van der Waals surface area contributed by atoms with E-state index in [9.17, 15) is 5.11 Å². The molecule has 0 radical (unpaired) electrons. The van der Waals surface area contributed by atoms with Gasteiger partial charge in [-0.05, 0) is 50.2 Å². The molecule has 1 atom stereocenters. The lowest BCUT2D eigenvalue weighted by molar-refractivity contribution is -0.00000814. The van der Waals surface area contributed by atoms with Gasteiger partial charge in [-0.25, -0.2) is 0 Å². The molecule has 1 aromatic heterocycles. The van der Waals surface area contributed by atoms with Crippen molar-refractivity contribution in [3.63, 3.8) is 0 Å². The average molecular weight is 430 g/mol. The van der Waals surface area contributed by atoms with Crippen LogP contribution in [0.5, 0.6) is 5.75 Å². The topological polar surface area (TPSA) is 66.4 Å². The average Bonchev–Trinajstić information content (AvgIpc) is 3.03. The van der Waals surface area contributed by atoms with Crippen LogP contribution in [0.2, 0.25) is 0 Å². The van der Waals surface area contributed by atoms with Crippen LogP contribution in [0.3, 0.4) is 0 Å². The third kappa shape index (κ3) is 5.25. The van der Waals surface area contributed by atoms with Crippen LogP contribution < -0.4 is 22.8 Å². The molecular formula is C23H30ClN4O2-. The van der Waals surface area contributed by atoms with Crippen molar-refractivity contribution < 1.29 is 22.3 Å². The highest BCUT2D eigenvalue weighted by molar-refractivity contribution is 5.75. The summed E-state index contributed by atoms with van der Waals surface area (Å²) >= 11 is 0. The van der Waals surface area contributed by atoms with Crippen LogP contribution in [-0.2, 0) is 13.1 Å². The molecule has 6 nitrogen and oxygen atoms in total. The summed E-state index contributed by atoms with van der Waals surface area (Å²) in [6.07, 6.45) is 3.18. The number of rotatable bonds is 8. The second kappa shape index (κ2) is 10.7. The zero-order chi connectivity index (χ0) is 20.1. The van der Waals surface area contributed by atoms with Crippen LogP contribution in [0.25, 0.3) is 11.0 Å². The van der Waals surface area contributed by atoms with Crippen LogP contribution in [-0.4, -0.2) is 51.5 Å². The number of aromatic nitrogens is 2. The highest BCUT2D eigenvalue weighted by Crippen LogP contribution is 2.15. The van der Waals surface area contributed by atoms with Gasteiger partial charge in [-0.15, -0.1) is 0 Å². The molecule has 1 aliphatic heterocycles. The lowest BCUT2D eigenvalue weighted by Gasteiger charge is -2.26. The molecule has 1 unspecified atom stereocenters. The maximum Gasteiger partial charge on any atom is 0.203 e. The smallest absolute Gasteiger partial charge is 0.203 e. The van der Waals surface area contributed by atoms with E-state index in [0.29, 0.717) is 12.2 Å². The summed E-state index contributed by atoms with van der Waals surface area (Å²) in [5, 5.41) is 19.3. The number of imidazole rings is 1. The number of nitrogens with zero attached hydrogens (tertiary/aromatic N) is 3. The van der Waals surface area contributed by atoms with Crippen molar-refractivity contribution in [2.24, 2.45) is 0 Å². The monoisotopic (exact) mass is 429 g/mol. The molecule has 1 aliphatic rings. The minimum atomic E-state index is -0.689. The standard InChI is InChI=1S/C23H30N4O2.ClH/c24-23-26(16-15-25-13-7-2-8-14-25)21-11-5-6-12-22(21)27(23)17-19(28)18-29-20-9-3-1-4-10-20;/h1,3-6,9-12,19,24,28H,2,7-8,13-18H2;1H/p-1. The van der Waals surface area contributed by atoms with Gasteiger partial charge in [0.15, 0.2) is 0 Å². The molecule has 162 valence electrons. The fourth-order valence-electron chi connectivity index (χ4n) is 4.10. The van der Waals surface area contributed by atoms with Gasteiger partial charge in [0.1, 0.15) is 18.5 Å². The fraction of sp³-hybridized carbons (Fsp3) is 0.435. The number of aliphatic hydroxyl groups excluding tert-OH is 1. The number of piperidine rings is 1. The van der Waals surface area contributed by atoms with Crippen molar-refractivity contribution >= 4 is 11.0 Å². The Bertz CT molecular complexity index is 980. The Labute approximate surface area is 183 Å². The molecule has 2 aromatic carbocycles. The van der Waals surface area contributed by atoms with Gasteiger partial charge < -0.3 is 36.3 Å². The van der Waals surface area contributed by atoms with E-state index in [-0.39, 0.29) is 19.0 Å². The summed E-state index contributed by atoms with van der Waals surface area (Å²) in [6.45, 7) is 4.60. The van der Waals surface area contributed by atoms with E-state index in [1.165, 1.54) is 19.3 Å². The van der Waals surface area contributed by atoms with Crippen molar-refractivity contribution in [1.82, 2.24) is 14.0 Å². The number of benzene rings is 2. The first-order chi connectivity index (χ1) is 14.2. The molecule has 0 spiro atoms. The van der Waals surface area contributed by atoms with Crippen LogP contribution >= 0.6 is 0 Å². The number of halogens is 1. The van der Waals surface area contributed by atoms with Gasteiger partial charge in [0.05, 0.1) is 17.6 Å². The molecule has 30 heavy (non-hydrogen) atoms. The summed E-state index contributed by atoms with van der Waals surface area (Å²) in [5.41, 5.74) is 2.46. The van der Waals surface area contributed by atoms with Crippen molar-refractivity contribution in [2.75, 3.05) is 26.2 Å². The molecule has 1 saturated heterocycles. The summed E-state index contributed by atoms with van der Waals surface area (Å²) in [4.78, 5) is 2.49. The minimum absolute atomic E-state index is 0. The number of aliphatic hydroxyl groups is 1. The maximum absolute atomic E-state index is 10.5. The largest absolute Gasteiger partial charge is 1.00 e. The molecule has 4 rings (SSSR count). The Balaban J connectivity index is 0.00000256. The second-order valence-electron chi connectivity index (χ2n) is 7.75. The zero-order valence-electron chi connectivity index (χ0n) is 17.2. The molecule has 2 heterocycles. The number of nitrogens with one attached hydrogen (secondary N) is 1. The van der Waals surface area contributed by atoms with Crippen LogP contribution in [0.15, 0.2) is 54.6 Å². The first-order valence-electron chi connectivity index (χ1n) is 10.5. The van der Waals surface area contributed by atoms with E-state index in [2.05, 4.69) is 15.5 Å². The number of hydrogen-bond donors (Lipinski definition) is 2. The third-order valence-electron chi connectivity index (χ3n) is 5.64. The van der Waals surface area contributed by atoms with E-state index in [1.807, 2.05) is 53.1 Å². The van der Waals surface area contributed by atoms with Gasteiger partial charge in [0, 0.05) is 13.1 Å². The maximum atomic E-state index is 10.5. The van der Waals surface area contributed by atoms with E-state index in [1.54, 1.807) is 0 Å². The van der Waals surface area contributed by atoms with Gasteiger partial charge in [-0.1, -0.05) is 36.8 Å². The SMILES string of the molecule is N=c1n(CCN2CCCCC2)c2ccccc2n1CC(O)COc1ccccc1.[Cl-]. The molecule has 0 amide bonds. The fourth-order valence-corrected chi connectivity index (χ4v) is 4.10. The van der Waals surface area contributed by atoms with Crippen LogP contribution in [0.1, 0.15) is 19.3 Å². The summed E-state index contributed by atoms with van der Waals surface area (Å²) in [7, 11) is 0. The summed E-state index contributed by atoms with van der Waals surface area (Å²) < 4.78 is 9.65. The normalized spacial score (nSPS) is 15.6. The number of likely N-dealkylation sites (tertiary alicyclic amines) is 1. The third-order valence-corrected chi connectivity index (χ3v) is 5.64. The Morgan fingerprint density at radius 1 is 0.867 bits per heavy atom. The van der Waals surface area contributed by atoms with Crippen molar-refractivity contribution in [1.29, 1.82) is 5.41 Å². The quantitative estimate of drug-likeness (QED) is 0.523. The second-order valence-corrected chi connectivity index (χ2v) is 7.75. The number of para-hydroxylation sites is 3. The Kier molecular flexibility index (Phi) is 7.96. The predicted octanol–water partition coefficient (Wildman–Crippen LogP) is -0.148. The molecule has 7 heteroatoms. The molecular weight excluding hydrogens is 400 g/mol. The van der Waals surface area contributed by atoms with Gasteiger partial charge in [0.2, 0.25) is 5.62 Å². The molecule has 2 N–H and O–H groups in total. The molecule has 0 aliphatic carbocycles. The molecule has 0 bridgehead atoms. The number of ether oxygens (including phenoxy) is 1. The lowest BCUT2D eigenvalue weighted by Crippen LogP contribution is -3.00. The minimum Gasteiger partial charge on any atom is -1.00 e. The first kappa shape index (κ1) is 22.4. The zero-order valence-corrected chi connectivity index (χ0v) is 18.0. The Morgan fingerprint density at radius 3 is 2.20 bits per heavy atom. The number of hydrogen-bond acceptors (Lipinski definition) is 4. The van der Waals surface area contributed by atoms with Crippen molar-refractivity contribution in [2.45, 2.75) is 38.5 Å². The van der Waals surface area contributed by atoms with E-state index < -0.39 is 6.10 Å². The van der Waals surface area contributed by atoms with Gasteiger partial charge >= 0.3 is 0 Å². The van der Waals surface area contributed by atoms with Gasteiger partial charge in [-0.2, -0.15) is 0 Å². The van der Waals surface area contributed by atoms with E-state index in [4.69, 9.17) is 10.1 Å². The van der Waals surface area contributed by atoms with Gasteiger partial charge in [-0.3, -0.25) is 5.41 Å². The highest BCUT2D eigenvalue weighted by atomic mass is 35.5. The first-order valence-corrected chi connectivity index (χ1v) is 10.5. The predicted molar refractivity (Wildman–Crippen MR) is 114 cm³/mol. The highest BCUT2D eigenvalue weighted by Gasteiger charge is 2.16. The Morgan fingerprint density at radius 2 is 1.50 bits per heavy atom. The van der Waals surface area contributed by atoms with E-state index >= 15 is 0 Å². The molecule has 3 aromatic rings. The lowest BCUT2D eigenvalue weighted by atomic mass is 10.1. The van der Waals surface area contributed by atoms with Crippen molar-refractivity contribution in [3.05, 3.63) is 60.2 Å². The van der Waals surface area contributed by atoms with Crippen molar-refractivity contribution in [3.8, 4) is 5.75 Å². The number of fused-ring (bicyclic) bond motifs is 1. The van der Waals surface area contributed by atoms with E-state index in [0.717, 1.165) is 43.0 Å². The van der Waals surface area contributed by atoms with Crippen LogP contribution in [0, 0.1) is 5.41 Å². The molecule has 1 fully saturated rings. The molecule has 0 saturated carbocycles. The Hall–Kier alpha value is -2.28. The summed E-state index contributed by atoms with van der Waals surface area (Å²) in [6, 6.07) is 17.6.